The topological polar surface area (TPSA) is 79.9 Å². The number of anilines is 2. The molecule has 0 saturated heterocycles. The van der Waals surface area contributed by atoms with Crippen molar-refractivity contribution in [3.63, 3.8) is 0 Å². The van der Waals surface area contributed by atoms with Crippen molar-refractivity contribution >= 4 is 34.6 Å². The first-order chi connectivity index (χ1) is 12.8. The Kier molecular flexibility index (Phi) is 7.15. The Bertz CT molecular complexity index is 809. The van der Waals surface area contributed by atoms with E-state index in [1.807, 2.05) is 25.9 Å². The standard InChI is InChI=1S/C19H23ClN4O3/c1-4-23(12-14-5-7-15(8-6-14)22(2)3)13-19(25)21-18-10-9-16(24(26)27)11-17(18)20/h5-11H,4,12-13H2,1-3H3,(H,21,25)/p+1. The Morgan fingerprint density at radius 3 is 2.41 bits per heavy atom. The molecule has 2 N–H and O–H groups in total. The maximum absolute atomic E-state index is 12.4. The van der Waals surface area contributed by atoms with Crippen molar-refractivity contribution in [3.8, 4) is 0 Å². The zero-order valence-electron chi connectivity index (χ0n) is 15.7. The number of carbonyl (C=O) groups excluding carboxylic acids is 1. The van der Waals surface area contributed by atoms with Crippen molar-refractivity contribution < 1.29 is 14.6 Å². The summed E-state index contributed by atoms with van der Waals surface area (Å²) in [6, 6.07) is 12.2. The van der Waals surface area contributed by atoms with Crippen molar-refractivity contribution in [1.29, 1.82) is 0 Å². The van der Waals surface area contributed by atoms with Crippen LogP contribution in [0.2, 0.25) is 5.02 Å². The molecule has 2 rings (SSSR count). The molecule has 144 valence electrons. The minimum atomic E-state index is -0.526. The van der Waals surface area contributed by atoms with E-state index in [0.29, 0.717) is 5.69 Å². The second-order valence-electron chi connectivity index (χ2n) is 6.49. The van der Waals surface area contributed by atoms with Crippen molar-refractivity contribution in [1.82, 2.24) is 0 Å². The molecule has 1 atom stereocenters. The molecule has 0 bridgehead atoms. The summed E-state index contributed by atoms with van der Waals surface area (Å²) in [6.07, 6.45) is 0. The molecule has 2 aromatic carbocycles. The number of quaternary nitrogens is 1. The highest BCUT2D eigenvalue weighted by atomic mass is 35.5. The molecule has 0 aliphatic carbocycles. The Balaban J connectivity index is 1.97. The molecule has 0 spiro atoms. The zero-order chi connectivity index (χ0) is 20.0. The number of carbonyl (C=O) groups is 1. The summed E-state index contributed by atoms with van der Waals surface area (Å²) < 4.78 is 0. The minimum Gasteiger partial charge on any atom is -0.378 e. The first kappa shape index (κ1) is 20.7. The number of benzene rings is 2. The largest absolute Gasteiger partial charge is 0.378 e. The van der Waals surface area contributed by atoms with Gasteiger partial charge in [-0.25, -0.2) is 0 Å². The van der Waals surface area contributed by atoms with Crippen LogP contribution in [0.1, 0.15) is 12.5 Å². The van der Waals surface area contributed by atoms with Gasteiger partial charge in [-0.1, -0.05) is 23.7 Å². The van der Waals surface area contributed by atoms with Gasteiger partial charge in [-0.05, 0) is 25.1 Å². The Hall–Kier alpha value is -2.64. The third-order valence-corrected chi connectivity index (χ3v) is 4.57. The SMILES string of the molecule is CC[NH+](CC(=O)Nc1ccc([N+](=O)[O-])cc1Cl)Cc1ccc(N(C)C)cc1. The molecule has 0 aliphatic heterocycles. The lowest BCUT2D eigenvalue weighted by atomic mass is 10.2. The van der Waals surface area contributed by atoms with Crippen LogP contribution >= 0.6 is 11.6 Å². The minimum absolute atomic E-state index is 0.111. The summed E-state index contributed by atoms with van der Waals surface area (Å²) in [4.78, 5) is 25.7. The average Bonchev–Trinajstić information content (AvgIpc) is 2.63. The van der Waals surface area contributed by atoms with E-state index < -0.39 is 4.92 Å². The van der Waals surface area contributed by atoms with E-state index in [0.717, 1.165) is 29.2 Å². The summed E-state index contributed by atoms with van der Waals surface area (Å²) in [5.74, 6) is -0.187. The number of nitro benzene ring substituents is 1. The first-order valence-corrected chi connectivity index (χ1v) is 9.01. The number of nitrogens with one attached hydrogen (secondary N) is 2. The molecule has 8 heteroatoms. The van der Waals surface area contributed by atoms with E-state index in [1.165, 1.54) is 18.2 Å². The molecule has 7 nitrogen and oxygen atoms in total. The van der Waals surface area contributed by atoms with E-state index in [9.17, 15) is 14.9 Å². The number of nitrogens with zero attached hydrogens (tertiary/aromatic N) is 2. The zero-order valence-corrected chi connectivity index (χ0v) is 16.4. The monoisotopic (exact) mass is 391 g/mol. The van der Waals surface area contributed by atoms with Gasteiger partial charge in [0, 0.05) is 37.5 Å². The van der Waals surface area contributed by atoms with Crippen LogP contribution in [0.5, 0.6) is 0 Å². The third kappa shape index (κ3) is 5.94. The van der Waals surface area contributed by atoms with Crippen LogP contribution in [0.4, 0.5) is 17.1 Å². The van der Waals surface area contributed by atoms with E-state index in [1.54, 1.807) is 0 Å². The summed E-state index contributed by atoms with van der Waals surface area (Å²) >= 11 is 6.03. The Morgan fingerprint density at radius 1 is 1.22 bits per heavy atom. The summed E-state index contributed by atoms with van der Waals surface area (Å²) in [7, 11) is 3.98. The van der Waals surface area contributed by atoms with Gasteiger partial charge in [-0.2, -0.15) is 0 Å². The number of hydrogen-bond donors (Lipinski definition) is 2. The highest BCUT2D eigenvalue weighted by molar-refractivity contribution is 6.33. The molecular weight excluding hydrogens is 368 g/mol. The highest BCUT2D eigenvalue weighted by Crippen LogP contribution is 2.26. The second-order valence-corrected chi connectivity index (χ2v) is 6.89. The van der Waals surface area contributed by atoms with Crippen LogP contribution in [0.25, 0.3) is 0 Å². The van der Waals surface area contributed by atoms with Gasteiger partial charge >= 0.3 is 0 Å². The molecule has 0 radical (unpaired) electrons. The van der Waals surface area contributed by atoms with Crippen LogP contribution in [-0.2, 0) is 11.3 Å². The lowest BCUT2D eigenvalue weighted by Crippen LogP contribution is -3.11. The van der Waals surface area contributed by atoms with Gasteiger partial charge in [-0.15, -0.1) is 0 Å². The number of nitro groups is 1. The van der Waals surface area contributed by atoms with Crippen molar-refractivity contribution in [2.24, 2.45) is 0 Å². The third-order valence-electron chi connectivity index (χ3n) is 4.25. The fourth-order valence-electron chi connectivity index (χ4n) is 2.65. The number of rotatable bonds is 8. The molecule has 0 aromatic heterocycles. The van der Waals surface area contributed by atoms with Gasteiger partial charge in [0.05, 0.1) is 22.2 Å². The summed E-state index contributed by atoms with van der Waals surface area (Å²) in [5.41, 5.74) is 2.54. The van der Waals surface area contributed by atoms with Gasteiger partial charge in [-0.3, -0.25) is 14.9 Å². The lowest BCUT2D eigenvalue weighted by Gasteiger charge is -2.18. The van der Waals surface area contributed by atoms with Crippen molar-refractivity contribution in [2.45, 2.75) is 13.5 Å². The molecule has 1 unspecified atom stereocenters. The van der Waals surface area contributed by atoms with Crippen molar-refractivity contribution in [3.05, 3.63) is 63.2 Å². The number of amides is 1. The predicted molar refractivity (Wildman–Crippen MR) is 108 cm³/mol. The fraction of sp³-hybridized carbons (Fsp3) is 0.316. The molecular formula is C19H24ClN4O3+. The van der Waals surface area contributed by atoms with E-state index in [2.05, 4.69) is 29.6 Å². The average molecular weight is 392 g/mol. The fourth-order valence-corrected chi connectivity index (χ4v) is 2.88. The molecule has 0 heterocycles. The van der Waals surface area contributed by atoms with Gasteiger partial charge < -0.3 is 15.1 Å². The molecule has 27 heavy (non-hydrogen) atoms. The first-order valence-electron chi connectivity index (χ1n) is 8.63. The molecule has 0 aliphatic rings. The van der Waals surface area contributed by atoms with Gasteiger partial charge in [0.2, 0.25) is 0 Å². The number of halogens is 1. The van der Waals surface area contributed by atoms with Crippen LogP contribution in [-0.4, -0.2) is 38.0 Å². The van der Waals surface area contributed by atoms with E-state index >= 15 is 0 Å². The summed E-state index contributed by atoms with van der Waals surface area (Å²) in [5, 5.41) is 13.6. The van der Waals surface area contributed by atoms with E-state index in [-0.39, 0.29) is 23.2 Å². The number of non-ortho nitro benzene ring substituents is 1. The Labute approximate surface area is 163 Å². The molecule has 0 saturated carbocycles. The van der Waals surface area contributed by atoms with E-state index in [4.69, 9.17) is 11.6 Å². The Morgan fingerprint density at radius 2 is 1.89 bits per heavy atom. The van der Waals surface area contributed by atoms with Gasteiger partial charge in [0.1, 0.15) is 6.54 Å². The van der Waals surface area contributed by atoms with Gasteiger partial charge in [0.25, 0.3) is 11.6 Å². The maximum atomic E-state index is 12.4. The highest BCUT2D eigenvalue weighted by Gasteiger charge is 2.16. The lowest BCUT2D eigenvalue weighted by molar-refractivity contribution is -0.903. The van der Waals surface area contributed by atoms with Crippen LogP contribution < -0.4 is 15.1 Å². The maximum Gasteiger partial charge on any atom is 0.279 e. The molecule has 1 amide bonds. The van der Waals surface area contributed by atoms with Crippen LogP contribution in [0.15, 0.2) is 42.5 Å². The second kappa shape index (κ2) is 9.34. The smallest absolute Gasteiger partial charge is 0.279 e. The van der Waals surface area contributed by atoms with Gasteiger partial charge in [0.15, 0.2) is 6.54 Å². The number of likely N-dealkylation sites (N-methyl/N-ethyl adjacent to an activating group) is 1. The van der Waals surface area contributed by atoms with Crippen LogP contribution in [0, 0.1) is 10.1 Å². The molecule has 0 fully saturated rings. The van der Waals surface area contributed by atoms with Crippen LogP contribution in [0.3, 0.4) is 0 Å². The van der Waals surface area contributed by atoms with Crippen molar-refractivity contribution in [2.75, 3.05) is 37.4 Å². The quantitative estimate of drug-likeness (QED) is 0.534. The summed E-state index contributed by atoms with van der Waals surface area (Å²) in [6.45, 7) is 3.82. The predicted octanol–water partition coefficient (Wildman–Crippen LogP) is 2.36. The number of hydrogen-bond acceptors (Lipinski definition) is 4. The normalized spacial score (nSPS) is 11.7. The molecule has 2 aromatic rings.